The van der Waals surface area contributed by atoms with Gasteiger partial charge in [0.05, 0.1) is 0 Å². The van der Waals surface area contributed by atoms with E-state index < -0.39 is 0 Å². The van der Waals surface area contributed by atoms with Crippen LogP contribution >= 0.6 is 0 Å². The van der Waals surface area contributed by atoms with Gasteiger partial charge in [-0.25, -0.2) is 0 Å². The van der Waals surface area contributed by atoms with Crippen LogP contribution in [0.3, 0.4) is 0 Å². The number of rotatable bonds is 4. The third kappa shape index (κ3) is 2.08. The molecule has 5 rings (SSSR count). The van der Waals surface area contributed by atoms with E-state index in [9.17, 15) is 0 Å². The van der Waals surface area contributed by atoms with Crippen molar-refractivity contribution in [1.82, 2.24) is 10.4 Å². The molecule has 1 aromatic rings. The Hall–Kier alpha value is -0.930. The zero-order valence-corrected chi connectivity index (χ0v) is 12.1. The van der Waals surface area contributed by atoms with E-state index in [0.29, 0.717) is 11.5 Å². The molecule has 1 heterocycles. The monoisotopic (exact) mass is 271 g/mol. The number of hydrogen-bond acceptors (Lipinski definition) is 3. The molecule has 4 saturated carbocycles. The summed E-state index contributed by atoms with van der Waals surface area (Å²) in [5.74, 6) is 8.90. The molecule has 0 amide bonds. The molecule has 3 heteroatoms. The zero-order chi connectivity index (χ0) is 13.6. The first-order chi connectivity index (χ1) is 9.77. The Balaban J connectivity index is 1.58. The summed E-state index contributed by atoms with van der Waals surface area (Å²) >= 11 is 0. The third-order valence-corrected chi connectivity index (χ3v) is 6.19. The van der Waals surface area contributed by atoms with Crippen LogP contribution in [0.5, 0.6) is 0 Å². The van der Waals surface area contributed by atoms with Crippen LogP contribution in [0.4, 0.5) is 0 Å². The number of hydrogen-bond donors (Lipinski definition) is 2. The van der Waals surface area contributed by atoms with Gasteiger partial charge in [-0.15, -0.1) is 0 Å². The zero-order valence-electron chi connectivity index (χ0n) is 12.1. The van der Waals surface area contributed by atoms with E-state index in [1.165, 1.54) is 44.1 Å². The van der Waals surface area contributed by atoms with Crippen molar-refractivity contribution in [2.45, 2.75) is 51.0 Å². The first-order valence-electron chi connectivity index (χ1n) is 8.12. The predicted molar refractivity (Wildman–Crippen MR) is 79.7 cm³/mol. The number of nitrogens with two attached hydrogens (primary N) is 1. The minimum absolute atomic E-state index is 0.417. The summed E-state index contributed by atoms with van der Waals surface area (Å²) in [5, 5.41) is 0. The normalized spacial score (nSPS) is 40.0. The second-order valence-corrected chi connectivity index (χ2v) is 7.56. The summed E-state index contributed by atoms with van der Waals surface area (Å²) < 4.78 is 0. The van der Waals surface area contributed by atoms with E-state index in [0.717, 1.165) is 24.2 Å². The van der Waals surface area contributed by atoms with Gasteiger partial charge in [-0.05, 0) is 79.7 Å². The molecule has 3 N–H and O–H groups in total. The third-order valence-electron chi connectivity index (χ3n) is 6.19. The van der Waals surface area contributed by atoms with Crippen LogP contribution in [0.15, 0.2) is 24.5 Å². The molecule has 0 aliphatic heterocycles. The fraction of sp³-hybridized carbons (Fsp3) is 0.706. The van der Waals surface area contributed by atoms with Crippen molar-refractivity contribution in [2.75, 3.05) is 0 Å². The fourth-order valence-electron chi connectivity index (χ4n) is 5.81. The van der Waals surface area contributed by atoms with E-state index in [-0.39, 0.29) is 0 Å². The van der Waals surface area contributed by atoms with Crippen molar-refractivity contribution in [3.05, 3.63) is 30.1 Å². The first kappa shape index (κ1) is 12.8. The molecule has 0 saturated heterocycles. The maximum atomic E-state index is 5.97. The molecule has 0 spiro atoms. The van der Waals surface area contributed by atoms with Crippen molar-refractivity contribution in [2.24, 2.45) is 29.0 Å². The SMILES string of the molecule is NNC(Cc1cccnc1)C12CC3CC(CC(C3)C1)C2. The van der Waals surface area contributed by atoms with Crippen LogP contribution in [0.25, 0.3) is 0 Å². The maximum absolute atomic E-state index is 5.97. The number of pyridine rings is 1. The Morgan fingerprint density at radius 3 is 2.35 bits per heavy atom. The van der Waals surface area contributed by atoms with Gasteiger partial charge < -0.3 is 0 Å². The summed E-state index contributed by atoms with van der Waals surface area (Å²) in [6.45, 7) is 0. The van der Waals surface area contributed by atoms with Gasteiger partial charge in [0.1, 0.15) is 0 Å². The van der Waals surface area contributed by atoms with Crippen molar-refractivity contribution >= 4 is 0 Å². The summed E-state index contributed by atoms with van der Waals surface area (Å²) in [4.78, 5) is 4.25. The molecular weight excluding hydrogens is 246 g/mol. The maximum Gasteiger partial charge on any atom is 0.0308 e. The summed E-state index contributed by atoms with van der Waals surface area (Å²) in [7, 11) is 0. The molecule has 4 aliphatic rings. The van der Waals surface area contributed by atoms with Crippen LogP contribution in [-0.4, -0.2) is 11.0 Å². The summed E-state index contributed by atoms with van der Waals surface area (Å²) in [5.41, 5.74) is 4.95. The lowest BCUT2D eigenvalue weighted by atomic mass is 9.47. The van der Waals surface area contributed by atoms with Gasteiger partial charge in [-0.2, -0.15) is 0 Å². The molecule has 0 radical (unpaired) electrons. The molecule has 1 aromatic heterocycles. The van der Waals surface area contributed by atoms with Crippen molar-refractivity contribution < 1.29 is 0 Å². The van der Waals surface area contributed by atoms with Gasteiger partial charge in [0, 0.05) is 18.4 Å². The summed E-state index contributed by atoms with van der Waals surface area (Å²) in [6.07, 6.45) is 13.5. The Labute approximate surface area is 121 Å². The molecule has 0 aromatic carbocycles. The highest BCUT2D eigenvalue weighted by molar-refractivity contribution is 5.14. The molecule has 1 unspecified atom stereocenters. The topological polar surface area (TPSA) is 50.9 Å². The molecule has 4 fully saturated rings. The molecular formula is C17H25N3. The van der Waals surface area contributed by atoms with E-state index in [1.54, 1.807) is 0 Å². The lowest BCUT2D eigenvalue weighted by molar-refractivity contribution is -0.0737. The van der Waals surface area contributed by atoms with E-state index in [4.69, 9.17) is 5.84 Å². The van der Waals surface area contributed by atoms with Gasteiger partial charge >= 0.3 is 0 Å². The molecule has 1 atom stereocenters. The highest BCUT2D eigenvalue weighted by atomic mass is 15.2. The average molecular weight is 271 g/mol. The fourth-order valence-corrected chi connectivity index (χ4v) is 5.81. The molecule has 4 bridgehead atoms. The van der Waals surface area contributed by atoms with Crippen LogP contribution in [0.2, 0.25) is 0 Å². The van der Waals surface area contributed by atoms with E-state index in [2.05, 4.69) is 16.5 Å². The number of nitrogens with one attached hydrogen (secondary N) is 1. The number of aromatic nitrogens is 1. The predicted octanol–water partition coefficient (Wildman–Crippen LogP) is 2.67. The quantitative estimate of drug-likeness (QED) is 0.654. The van der Waals surface area contributed by atoms with Crippen LogP contribution in [0, 0.1) is 23.2 Å². The highest BCUT2D eigenvalue weighted by Gasteiger charge is 2.53. The lowest BCUT2D eigenvalue weighted by Gasteiger charge is -2.59. The molecule has 3 nitrogen and oxygen atoms in total. The Bertz CT molecular complexity index is 435. The van der Waals surface area contributed by atoms with E-state index >= 15 is 0 Å². The average Bonchev–Trinajstić information content (AvgIpc) is 2.44. The smallest absolute Gasteiger partial charge is 0.0308 e. The standard InChI is InChI=1S/C17H25N3/c18-20-16(7-12-2-1-3-19-11-12)17-8-13-4-14(9-17)6-15(5-13)10-17/h1-3,11,13-16,20H,4-10,18H2. The van der Waals surface area contributed by atoms with Crippen molar-refractivity contribution in [3.8, 4) is 0 Å². The minimum atomic E-state index is 0.417. The lowest BCUT2D eigenvalue weighted by Crippen LogP contribution is -2.58. The largest absolute Gasteiger partial charge is 0.271 e. The van der Waals surface area contributed by atoms with Gasteiger partial charge in [0.25, 0.3) is 0 Å². The van der Waals surface area contributed by atoms with Gasteiger partial charge in [-0.3, -0.25) is 16.3 Å². The highest BCUT2D eigenvalue weighted by Crippen LogP contribution is 2.61. The van der Waals surface area contributed by atoms with Crippen LogP contribution in [0.1, 0.15) is 44.1 Å². The first-order valence-corrected chi connectivity index (χ1v) is 8.12. The number of nitrogens with zero attached hydrogens (tertiary/aromatic N) is 1. The van der Waals surface area contributed by atoms with Gasteiger partial charge in [0.2, 0.25) is 0 Å². The Morgan fingerprint density at radius 2 is 1.85 bits per heavy atom. The second-order valence-electron chi connectivity index (χ2n) is 7.56. The second kappa shape index (κ2) is 4.81. The van der Waals surface area contributed by atoms with E-state index in [1.807, 2.05) is 18.5 Å². The molecule has 108 valence electrons. The minimum Gasteiger partial charge on any atom is -0.271 e. The van der Waals surface area contributed by atoms with Crippen LogP contribution < -0.4 is 11.3 Å². The van der Waals surface area contributed by atoms with Gasteiger partial charge in [0.15, 0.2) is 0 Å². The number of hydrazine groups is 1. The Morgan fingerprint density at radius 1 is 1.20 bits per heavy atom. The Kier molecular flexibility index (Phi) is 3.08. The molecule has 4 aliphatic carbocycles. The molecule has 20 heavy (non-hydrogen) atoms. The van der Waals surface area contributed by atoms with Crippen molar-refractivity contribution in [1.29, 1.82) is 0 Å². The van der Waals surface area contributed by atoms with Gasteiger partial charge in [-0.1, -0.05) is 6.07 Å². The summed E-state index contributed by atoms with van der Waals surface area (Å²) in [6, 6.07) is 4.63. The van der Waals surface area contributed by atoms with Crippen LogP contribution in [-0.2, 0) is 6.42 Å². The van der Waals surface area contributed by atoms with Crippen molar-refractivity contribution in [3.63, 3.8) is 0 Å².